The fourth-order valence-electron chi connectivity index (χ4n) is 2.72. The van der Waals surface area contributed by atoms with Crippen LogP contribution in [-0.4, -0.2) is 23.0 Å². The van der Waals surface area contributed by atoms with Crippen molar-refractivity contribution < 1.29 is 14.3 Å². The minimum Gasteiger partial charge on any atom is -0.461 e. The Hall–Kier alpha value is -2.08. The van der Waals surface area contributed by atoms with Crippen molar-refractivity contribution in [1.29, 1.82) is 0 Å². The van der Waals surface area contributed by atoms with Crippen LogP contribution in [0.25, 0.3) is 10.9 Å². The zero-order valence-electron chi connectivity index (χ0n) is 12.8. The Morgan fingerprint density at radius 2 is 2.13 bits per heavy atom. The van der Waals surface area contributed by atoms with Crippen molar-refractivity contribution >= 4 is 38.6 Å². The molecule has 6 heteroatoms. The zero-order chi connectivity index (χ0) is 16.4. The minimum atomic E-state index is -0.411. The molecule has 23 heavy (non-hydrogen) atoms. The van der Waals surface area contributed by atoms with Crippen LogP contribution in [0.1, 0.15) is 36.7 Å². The number of hydrogen-bond acceptors (Lipinski definition) is 4. The van der Waals surface area contributed by atoms with Gasteiger partial charge in [0, 0.05) is 23.6 Å². The summed E-state index contributed by atoms with van der Waals surface area (Å²) in [5, 5.41) is 0.908. The topological polar surface area (TPSA) is 60.3 Å². The van der Waals surface area contributed by atoms with E-state index in [1.165, 1.54) is 0 Å². The lowest BCUT2D eigenvalue weighted by Crippen LogP contribution is -2.23. The molecule has 1 aromatic heterocycles. The van der Waals surface area contributed by atoms with Crippen LogP contribution in [0.3, 0.4) is 0 Å². The van der Waals surface area contributed by atoms with E-state index >= 15 is 0 Å². The lowest BCUT2D eigenvalue weighted by molar-refractivity contribution is -0.115. The highest BCUT2D eigenvalue weighted by Gasteiger charge is 2.23. The molecule has 0 spiro atoms. The van der Waals surface area contributed by atoms with Gasteiger partial charge in [0.2, 0.25) is 0 Å². The van der Waals surface area contributed by atoms with Gasteiger partial charge in [0.05, 0.1) is 16.6 Å². The van der Waals surface area contributed by atoms with Gasteiger partial charge in [0.1, 0.15) is 0 Å². The highest BCUT2D eigenvalue weighted by Crippen LogP contribution is 2.31. The fraction of sp³-hybridized carbons (Fsp3) is 0.294. The van der Waals surface area contributed by atoms with Crippen LogP contribution in [0.2, 0.25) is 0 Å². The van der Waals surface area contributed by atoms with Crippen LogP contribution in [0.4, 0.5) is 0 Å². The smallest absolute Gasteiger partial charge is 0.358 e. The summed E-state index contributed by atoms with van der Waals surface area (Å²) in [5.74, 6) is -0.308. The van der Waals surface area contributed by atoms with E-state index in [2.05, 4.69) is 21.4 Å². The van der Waals surface area contributed by atoms with Crippen LogP contribution in [0, 0.1) is 0 Å². The van der Waals surface area contributed by atoms with Gasteiger partial charge in [-0.15, -0.1) is 0 Å². The van der Waals surface area contributed by atoms with Crippen LogP contribution in [-0.2, 0) is 9.53 Å². The Kier molecular flexibility index (Phi) is 4.52. The highest BCUT2D eigenvalue weighted by atomic mass is 79.9. The average Bonchev–Trinajstić information content (AvgIpc) is 2.81. The zero-order valence-corrected chi connectivity index (χ0v) is 14.4. The molecule has 2 aromatic rings. The molecule has 0 bridgehead atoms. The van der Waals surface area contributed by atoms with E-state index in [0.29, 0.717) is 23.2 Å². The molecular weight excluding hydrogens is 360 g/mol. The predicted octanol–water partition coefficient (Wildman–Crippen LogP) is 3.76. The Balaban J connectivity index is 2.11. The number of halogens is 1. The summed E-state index contributed by atoms with van der Waals surface area (Å²) in [6, 6.07) is 7.67. The summed E-state index contributed by atoms with van der Waals surface area (Å²) in [4.78, 5) is 24.0. The van der Waals surface area contributed by atoms with Crippen LogP contribution in [0.15, 0.2) is 40.5 Å². The third kappa shape index (κ3) is 3.03. The molecule has 0 unspecified atom stereocenters. The molecule has 0 aliphatic heterocycles. The third-order valence-corrected chi connectivity index (χ3v) is 4.54. The summed E-state index contributed by atoms with van der Waals surface area (Å²) >= 11 is 3.50. The van der Waals surface area contributed by atoms with Crippen molar-refractivity contribution in [3.05, 3.63) is 46.2 Å². The molecule has 3 rings (SSSR count). The molecule has 0 radical (unpaired) electrons. The minimum absolute atomic E-state index is 0.104. The number of hydrogen-bond donors (Lipinski definition) is 1. The molecule has 0 amide bonds. The highest BCUT2D eigenvalue weighted by molar-refractivity contribution is 9.10. The fourth-order valence-corrected chi connectivity index (χ4v) is 3.39. The summed E-state index contributed by atoms with van der Waals surface area (Å²) in [7, 11) is 0. The maximum atomic E-state index is 12.4. The molecule has 1 aliphatic rings. The number of nitrogens with one attached hydrogen (secondary N) is 1. The number of esters is 1. The Morgan fingerprint density at radius 1 is 1.35 bits per heavy atom. The molecule has 1 aromatic carbocycles. The van der Waals surface area contributed by atoms with Crippen molar-refractivity contribution in [1.82, 2.24) is 4.68 Å². The summed E-state index contributed by atoms with van der Waals surface area (Å²) in [6.45, 7) is 2.07. The van der Waals surface area contributed by atoms with E-state index in [-0.39, 0.29) is 5.78 Å². The van der Waals surface area contributed by atoms with Gasteiger partial charge in [-0.1, -0.05) is 18.2 Å². The molecule has 120 valence electrons. The third-order valence-electron chi connectivity index (χ3n) is 3.74. The van der Waals surface area contributed by atoms with E-state index in [4.69, 9.17) is 4.74 Å². The molecular formula is C17H17BrN2O3. The Labute approximate surface area is 142 Å². The van der Waals surface area contributed by atoms with Crippen molar-refractivity contribution in [2.75, 3.05) is 12.0 Å². The first-order valence-electron chi connectivity index (χ1n) is 7.58. The van der Waals surface area contributed by atoms with E-state index in [0.717, 1.165) is 29.4 Å². The maximum Gasteiger partial charge on any atom is 0.358 e. The molecule has 1 heterocycles. The number of fused-ring (bicyclic) bond motifs is 1. The monoisotopic (exact) mass is 376 g/mol. The quantitative estimate of drug-likeness (QED) is 0.825. The van der Waals surface area contributed by atoms with Crippen LogP contribution >= 0.6 is 15.9 Å². The van der Waals surface area contributed by atoms with Gasteiger partial charge < -0.3 is 4.74 Å². The normalized spacial score (nSPS) is 14.7. The number of benzene rings is 1. The first-order valence-corrected chi connectivity index (χ1v) is 8.37. The summed E-state index contributed by atoms with van der Waals surface area (Å²) < 4.78 is 7.55. The number of carbonyl (C=O) groups is 2. The van der Waals surface area contributed by atoms with Gasteiger partial charge in [-0.3, -0.25) is 10.2 Å². The second-order valence-corrected chi connectivity index (χ2v) is 6.13. The number of carbonyl (C=O) groups excluding carboxylic acids is 2. The number of allylic oxidation sites excluding steroid dienone is 2. The first-order chi connectivity index (χ1) is 11.1. The number of para-hydroxylation sites is 1. The molecule has 1 aliphatic carbocycles. The van der Waals surface area contributed by atoms with Gasteiger partial charge in [-0.05, 0) is 41.8 Å². The largest absolute Gasteiger partial charge is 0.461 e. The molecule has 0 saturated carbocycles. The van der Waals surface area contributed by atoms with Crippen LogP contribution < -0.4 is 5.43 Å². The number of ketones is 1. The van der Waals surface area contributed by atoms with E-state index in [1.807, 2.05) is 24.3 Å². The SMILES string of the molecule is CCOC(=O)c1c(Br)c2ccccc2n1NC1=CC(=O)CCC1. The molecule has 0 fully saturated rings. The van der Waals surface area contributed by atoms with Gasteiger partial charge in [0.25, 0.3) is 0 Å². The van der Waals surface area contributed by atoms with Gasteiger partial charge in [-0.25, -0.2) is 9.47 Å². The van der Waals surface area contributed by atoms with Gasteiger partial charge >= 0.3 is 5.97 Å². The average molecular weight is 377 g/mol. The lowest BCUT2D eigenvalue weighted by atomic mass is 10.0. The number of ether oxygens (including phenoxy) is 1. The van der Waals surface area contributed by atoms with Crippen molar-refractivity contribution in [2.45, 2.75) is 26.2 Å². The molecule has 0 atom stereocenters. The maximum absolute atomic E-state index is 12.4. The molecule has 1 N–H and O–H groups in total. The van der Waals surface area contributed by atoms with Crippen molar-refractivity contribution in [3.8, 4) is 0 Å². The van der Waals surface area contributed by atoms with Crippen LogP contribution in [0.5, 0.6) is 0 Å². The molecule has 0 saturated heterocycles. The van der Waals surface area contributed by atoms with E-state index in [9.17, 15) is 9.59 Å². The lowest BCUT2D eigenvalue weighted by Gasteiger charge is -2.18. The van der Waals surface area contributed by atoms with E-state index < -0.39 is 5.97 Å². The Morgan fingerprint density at radius 3 is 2.87 bits per heavy atom. The summed E-state index contributed by atoms with van der Waals surface area (Å²) in [6.07, 6.45) is 3.78. The van der Waals surface area contributed by atoms with Crippen molar-refractivity contribution in [3.63, 3.8) is 0 Å². The number of rotatable bonds is 4. The number of nitrogens with zero attached hydrogens (tertiary/aromatic N) is 1. The summed E-state index contributed by atoms with van der Waals surface area (Å²) in [5.41, 5.74) is 5.26. The van der Waals surface area contributed by atoms with E-state index in [1.54, 1.807) is 17.7 Å². The standard InChI is InChI=1S/C17H17BrN2O3/c1-2-23-17(22)16-15(18)13-8-3-4-9-14(13)20(16)19-11-6-5-7-12(21)10-11/h3-4,8-10,19H,2,5-7H2,1H3. The predicted molar refractivity (Wildman–Crippen MR) is 91.9 cm³/mol. The van der Waals surface area contributed by atoms with Crippen molar-refractivity contribution in [2.24, 2.45) is 0 Å². The van der Waals surface area contributed by atoms with Gasteiger partial charge in [0.15, 0.2) is 11.5 Å². The van der Waals surface area contributed by atoms with Gasteiger partial charge in [-0.2, -0.15) is 0 Å². The first kappa shape index (κ1) is 15.8. The second kappa shape index (κ2) is 6.58. The Bertz CT molecular complexity index is 808. The second-order valence-electron chi connectivity index (χ2n) is 5.34. The molecule has 5 nitrogen and oxygen atoms in total. The number of aromatic nitrogens is 1.